The summed E-state index contributed by atoms with van der Waals surface area (Å²) in [5, 5.41) is 6.93. The lowest BCUT2D eigenvalue weighted by molar-refractivity contribution is -0.121. The number of amides is 1. The minimum Gasteiger partial charge on any atom is -0.461 e. The van der Waals surface area contributed by atoms with Gasteiger partial charge in [0, 0.05) is 32.5 Å². The van der Waals surface area contributed by atoms with Crippen LogP contribution in [0.5, 0.6) is 0 Å². The van der Waals surface area contributed by atoms with Crippen LogP contribution in [-0.4, -0.2) is 53.8 Å². The number of morpholine rings is 1. The molecule has 0 radical (unpaired) electrons. The van der Waals surface area contributed by atoms with E-state index in [0.29, 0.717) is 43.7 Å². The Labute approximate surface area is 168 Å². The summed E-state index contributed by atoms with van der Waals surface area (Å²) >= 11 is 0. The number of hydrogen-bond donors (Lipinski definition) is 1. The topological polar surface area (TPSA) is 93.6 Å². The maximum absolute atomic E-state index is 12.4. The van der Waals surface area contributed by atoms with Gasteiger partial charge in [-0.05, 0) is 17.7 Å². The first-order valence-electron chi connectivity index (χ1n) is 9.79. The third-order valence-corrected chi connectivity index (χ3v) is 4.94. The highest BCUT2D eigenvalue weighted by atomic mass is 16.5. The molecule has 1 atom stereocenters. The number of benzene rings is 1. The van der Waals surface area contributed by atoms with Crippen molar-refractivity contribution in [1.82, 2.24) is 20.4 Å². The Morgan fingerprint density at radius 3 is 2.72 bits per heavy atom. The van der Waals surface area contributed by atoms with Crippen LogP contribution in [0.25, 0.3) is 11.6 Å². The second-order valence-electron chi connectivity index (χ2n) is 6.87. The zero-order valence-electron chi connectivity index (χ0n) is 16.1. The van der Waals surface area contributed by atoms with Gasteiger partial charge in [0.2, 0.25) is 17.6 Å². The summed E-state index contributed by atoms with van der Waals surface area (Å²) in [4.78, 5) is 19.0. The molecule has 1 saturated heterocycles. The van der Waals surface area contributed by atoms with E-state index in [2.05, 4.69) is 32.5 Å². The van der Waals surface area contributed by atoms with E-state index in [1.54, 1.807) is 18.4 Å². The summed E-state index contributed by atoms with van der Waals surface area (Å²) in [5.41, 5.74) is 1.19. The number of rotatable bonds is 8. The van der Waals surface area contributed by atoms with Crippen molar-refractivity contribution >= 4 is 5.91 Å². The lowest BCUT2D eigenvalue weighted by Gasteiger charge is -2.35. The first kappa shape index (κ1) is 19.4. The van der Waals surface area contributed by atoms with Crippen LogP contribution in [0, 0.1) is 0 Å². The number of nitrogens with zero attached hydrogens (tertiary/aromatic N) is 3. The molecule has 0 saturated carbocycles. The van der Waals surface area contributed by atoms with Gasteiger partial charge in [0.25, 0.3) is 0 Å². The van der Waals surface area contributed by atoms with Crippen LogP contribution in [0.2, 0.25) is 0 Å². The van der Waals surface area contributed by atoms with Gasteiger partial charge in [-0.2, -0.15) is 4.98 Å². The average molecular weight is 396 g/mol. The molecule has 3 heterocycles. The highest BCUT2D eigenvalue weighted by molar-refractivity contribution is 5.76. The van der Waals surface area contributed by atoms with E-state index in [1.807, 2.05) is 18.2 Å². The third-order valence-electron chi connectivity index (χ3n) is 4.94. The van der Waals surface area contributed by atoms with E-state index >= 15 is 0 Å². The highest BCUT2D eigenvalue weighted by Gasteiger charge is 2.23. The van der Waals surface area contributed by atoms with Crippen LogP contribution in [-0.2, 0) is 16.0 Å². The molecule has 1 aromatic carbocycles. The highest BCUT2D eigenvalue weighted by Crippen LogP contribution is 2.21. The quantitative estimate of drug-likeness (QED) is 0.625. The van der Waals surface area contributed by atoms with Crippen LogP contribution in [0.3, 0.4) is 0 Å². The molecule has 3 aromatic rings. The second kappa shape index (κ2) is 9.49. The van der Waals surface area contributed by atoms with Gasteiger partial charge in [-0.1, -0.05) is 35.5 Å². The molecule has 8 nitrogen and oxygen atoms in total. The molecular weight excluding hydrogens is 372 g/mol. The van der Waals surface area contributed by atoms with E-state index in [1.165, 1.54) is 5.56 Å². The number of aromatic nitrogens is 2. The number of carbonyl (C=O) groups is 1. The fourth-order valence-corrected chi connectivity index (χ4v) is 3.40. The first-order chi connectivity index (χ1) is 14.3. The number of aryl methyl sites for hydroxylation is 1. The predicted octanol–water partition coefficient (Wildman–Crippen LogP) is 2.45. The van der Waals surface area contributed by atoms with Crippen LogP contribution < -0.4 is 5.32 Å². The fourth-order valence-electron chi connectivity index (χ4n) is 3.40. The second-order valence-corrected chi connectivity index (χ2v) is 6.87. The maximum Gasteiger partial charge on any atom is 0.238 e. The Kier molecular flexibility index (Phi) is 6.33. The number of ether oxygens (including phenoxy) is 1. The van der Waals surface area contributed by atoms with Gasteiger partial charge in [0.15, 0.2) is 5.76 Å². The van der Waals surface area contributed by atoms with Crippen LogP contribution in [0.4, 0.5) is 0 Å². The molecule has 2 aromatic heterocycles. The van der Waals surface area contributed by atoms with Crippen molar-refractivity contribution in [2.75, 3.05) is 32.8 Å². The van der Waals surface area contributed by atoms with Gasteiger partial charge in [-0.15, -0.1) is 0 Å². The number of nitrogens with one attached hydrogen (secondary N) is 1. The van der Waals surface area contributed by atoms with Crippen molar-refractivity contribution in [3.8, 4) is 11.6 Å². The largest absolute Gasteiger partial charge is 0.461 e. The molecule has 8 heteroatoms. The van der Waals surface area contributed by atoms with Gasteiger partial charge in [0.1, 0.15) is 0 Å². The molecule has 0 aliphatic carbocycles. The zero-order chi connectivity index (χ0) is 19.9. The van der Waals surface area contributed by atoms with Gasteiger partial charge >= 0.3 is 0 Å². The summed E-state index contributed by atoms with van der Waals surface area (Å²) in [6, 6.07) is 13.9. The molecule has 0 spiro atoms. The van der Waals surface area contributed by atoms with E-state index in [4.69, 9.17) is 13.7 Å². The summed E-state index contributed by atoms with van der Waals surface area (Å²) < 4.78 is 15.9. The summed E-state index contributed by atoms with van der Waals surface area (Å²) in [5.74, 6) is 1.30. The van der Waals surface area contributed by atoms with E-state index in [-0.39, 0.29) is 18.4 Å². The first-order valence-corrected chi connectivity index (χ1v) is 9.79. The van der Waals surface area contributed by atoms with E-state index in [0.717, 1.165) is 13.1 Å². The van der Waals surface area contributed by atoms with E-state index in [9.17, 15) is 4.79 Å². The van der Waals surface area contributed by atoms with Gasteiger partial charge < -0.3 is 19.0 Å². The standard InChI is InChI=1S/C21H24N4O4/c26-19(8-9-20-23-21(24-29-20)18-7-4-12-28-18)22-15-17(16-5-2-1-3-6-16)25-10-13-27-14-11-25/h1-7,12,17H,8-11,13-15H2,(H,22,26). The molecule has 152 valence electrons. The van der Waals surface area contributed by atoms with Crippen molar-refractivity contribution in [3.63, 3.8) is 0 Å². The predicted molar refractivity (Wildman–Crippen MR) is 105 cm³/mol. The molecule has 1 aliphatic heterocycles. The zero-order valence-corrected chi connectivity index (χ0v) is 16.1. The smallest absolute Gasteiger partial charge is 0.238 e. The monoisotopic (exact) mass is 396 g/mol. The normalized spacial score (nSPS) is 15.9. The molecule has 1 fully saturated rings. The van der Waals surface area contributed by atoms with Crippen molar-refractivity contribution in [3.05, 3.63) is 60.2 Å². The lowest BCUT2D eigenvalue weighted by atomic mass is 10.0. The lowest BCUT2D eigenvalue weighted by Crippen LogP contribution is -2.43. The SMILES string of the molecule is O=C(CCc1nc(-c2ccco2)no1)NCC(c1ccccc1)N1CCOCC1. The maximum atomic E-state index is 12.4. The van der Waals surface area contributed by atoms with Crippen molar-refractivity contribution in [2.45, 2.75) is 18.9 Å². The van der Waals surface area contributed by atoms with Crippen LogP contribution >= 0.6 is 0 Å². The average Bonchev–Trinajstić information content (AvgIpc) is 3.46. The Morgan fingerprint density at radius 2 is 1.97 bits per heavy atom. The summed E-state index contributed by atoms with van der Waals surface area (Å²) in [6.07, 6.45) is 2.22. The number of carbonyl (C=O) groups excluding carboxylic acids is 1. The molecule has 1 unspecified atom stereocenters. The Morgan fingerprint density at radius 1 is 1.14 bits per heavy atom. The van der Waals surface area contributed by atoms with Crippen molar-refractivity contribution < 1.29 is 18.5 Å². The fraction of sp³-hybridized carbons (Fsp3) is 0.381. The Hall–Kier alpha value is -2.97. The Bertz CT molecular complexity index is 889. The van der Waals surface area contributed by atoms with Gasteiger partial charge in [0.05, 0.1) is 25.5 Å². The van der Waals surface area contributed by atoms with Crippen molar-refractivity contribution in [1.29, 1.82) is 0 Å². The van der Waals surface area contributed by atoms with Gasteiger partial charge in [-0.3, -0.25) is 9.69 Å². The summed E-state index contributed by atoms with van der Waals surface area (Å²) in [6.45, 7) is 3.68. The van der Waals surface area contributed by atoms with Crippen LogP contribution in [0.15, 0.2) is 57.7 Å². The summed E-state index contributed by atoms with van der Waals surface area (Å²) in [7, 11) is 0. The molecule has 0 bridgehead atoms. The third kappa shape index (κ3) is 5.10. The number of hydrogen-bond acceptors (Lipinski definition) is 7. The molecule has 29 heavy (non-hydrogen) atoms. The molecule has 1 aliphatic rings. The minimum atomic E-state index is -0.0445. The Balaban J connectivity index is 1.31. The van der Waals surface area contributed by atoms with Crippen LogP contribution in [0.1, 0.15) is 23.9 Å². The minimum absolute atomic E-state index is 0.0445. The van der Waals surface area contributed by atoms with Crippen molar-refractivity contribution in [2.24, 2.45) is 0 Å². The van der Waals surface area contributed by atoms with Gasteiger partial charge in [-0.25, -0.2) is 0 Å². The number of furan rings is 1. The molecule has 1 N–H and O–H groups in total. The molecular formula is C21H24N4O4. The van der Waals surface area contributed by atoms with E-state index < -0.39 is 0 Å². The molecule has 1 amide bonds. The molecule has 4 rings (SSSR count).